The number of aliphatic imine (C=N–C) groups is 1. The van der Waals surface area contributed by atoms with E-state index < -0.39 is 0 Å². The van der Waals surface area contributed by atoms with Crippen molar-refractivity contribution in [3.63, 3.8) is 0 Å². The van der Waals surface area contributed by atoms with Crippen molar-refractivity contribution in [1.82, 2.24) is 5.32 Å². The van der Waals surface area contributed by atoms with Gasteiger partial charge in [-0.3, -0.25) is 0 Å². The van der Waals surface area contributed by atoms with Gasteiger partial charge in [0.1, 0.15) is 6.04 Å². The third kappa shape index (κ3) is 3.01. The van der Waals surface area contributed by atoms with Crippen LogP contribution >= 0.6 is 23.1 Å². The molecule has 0 spiro atoms. The van der Waals surface area contributed by atoms with Crippen molar-refractivity contribution in [2.75, 3.05) is 12.9 Å². The van der Waals surface area contributed by atoms with Crippen LogP contribution in [0, 0.1) is 0 Å². The summed E-state index contributed by atoms with van der Waals surface area (Å²) in [5, 5.41) is 5.96. The molecule has 0 amide bonds. The number of hydrogen-bond acceptors (Lipinski definition) is 6. The van der Waals surface area contributed by atoms with E-state index >= 15 is 0 Å². The molecule has 0 fully saturated rings. The van der Waals surface area contributed by atoms with Crippen LogP contribution < -0.4 is 5.32 Å². The summed E-state index contributed by atoms with van der Waals surface area (Å²) in [6, 6.07) is 3.70. The zero-order valence-electron chi connectivity index (χ0n) is 11.1. The molecule has 1 atom stereocenters. The Labute approximate surface area is 121 Å². The van der Waals surface area contributed by atoms with Crippen LogP contribution in [0.1, 0.15) is 24.8 Å². The molecule has 1 aliphatic heterocycles. The van der Waals surface area contributed by atoms with Crippen LogP contribution in [0.5, 0.6) is 0 Å². The minimum Gasteiger partial charge on any atom is -0.463 e. The third-order valence-electron chi connectivity index (χ3n) is 2.72. The Hall–Kier alpha value is -1.27. The first kappa shape index (κ1) is 14.1. The van der Waals surface area contributed by atoms with Gasteiger partial charge < -0.3 is 10.1 Å². The molecular formula is C13H16N2O2S2. The lowest BCUT2D eigenvalue weighted by Gasteiger charge is -2.24. The van der Waals surface area contributed by atoms with E-state index in [0.717, 1.165) is 15.7 Å². The van der Waals surface area contributed by atoms with E-state index in [1.165, 1.54) is 11.8 Å². The van der Waals surface area contributed by atoms with Gasteiger partial charge in [-0.25, -0.2) is 9.79 Å². The molecule has 0 radical (unpaired) electrons. The van der Waals surface area contributed by atoms with Crippen molar-refractivity contribution in [3.05, 3.63) is 33.7 Å². The average molecular weight is 296 g/mol. The molecule has 1 aromatic rings. The van der Waals surface area contributed by atoms with Gasteiger partial charge in [0.05, 0.1) is 12.2 Å². The molecule has 2 heterocycles. The Morgan fingerprint density at radius 1 is 1.63 bits per heavy atom. The number of esters is 1. The van der Waals surface area contributed by atoms with Gasteiger partial charge in [-0.15, -0.1) is 11.3 Å². The smallest absolute Gasteiger partial charge is 0.338 e. The van der Waals surface area contributed by atoms with Gasteiger partial charge in [-0.1, -0.05) is 17.8 Å². The summed E-state index contributed by atoms with van der Waals surface area (Å²) in [7, 11) is 0. The molecule has 0 aromatic carbocycles. The van der Waals surface area contributed by atoms with Crippen molar-refractivity contribution in [1.29, 1.82) is 0 Å². The van der Waals surface area contributed by atoms with Crippen LogP contribution in [0.3, 0.4) is 0 Å². The van der Waals surface area contributed by atoms with Gasteiger partial charge in [0, 0.05) is 10.6 Å². The van der Waals surface area contributed by atoms with Crippen LogP contribution in [0.15, 0.2) is 33.8 Å². The number of nitrogens with zero attached hydrogens (tertiary/aromatic N) is 1. The maximum absolute atomic E-state index is 12.1. The Balaban J connectivity index is 2.40. The number of carbonyl (C=O) groups excluding carboxylic acids is 1. The second-order valence-corrected chi connectivity index (χ2v) is 5.71. The molecule has 19 heavy (non-hydrogen) atoms. The van der Waals surface area contributed by atoms with E-state index in [2.05, 4.69) is 10.3 Å². The Morgan fingerprint density at radius 2 is 2.42 bits per heavy atom. The van der Waals surface area contributed by atoms with E-state index in [9.17, 15) is 4.79 Å². The topological polar surface area (TPSA) is 50.7 Å². The molecule has 4 nitrogen and oxygen atoms in total. The van der Waals surface area contributed by atoms with Crippen molar-refractivity contribution in [2.24, 2.45) is 4.99 Å². The quantitative estimate of drug-likeness (QED) is 0.871. The van der Waals surface area contributed by atoms with E-state index in [-0.39, 0.29) is 12.0 Å². The number of hydrogen-bond donors (Lipinski definition) is 1. The molecule has 6 heteroatoms. The zero-order chi connectivity index (χ0) is 13.8. The summed E-state index contributed by atoms with van der Waals surface area (Å²) in [4.78, 5) is 17.8. The Bertz CT molecular complexity index is 521. The van der Waals surface area contributed by atoms with Gasteiger partial charge in [-0.05, 0) is 31.5 Å². The van der Waals surface area contributed by atoms with Gasteiger partial charge in [-0.2, -0.15) is 0 Å². The van der Waals surface area contributed by atoms with E-state index in [4.69, 9.17) is 4.74 Å². The minimum atomic E-state index is -0.296. The molecule has 1 N–H and O–H groups in total. The average Bonchev–Trinajstić information content (AvgIpc) is 2.91. The van der Waals surface area contributed by atoms with Crippen molar-refractivity contribution in [3.8, 4) is 0 Å². The number of nitrogens with one attached hydrogen (secondary N) is 1. The van der Waals surface area contributed by atoms with Crippen molar-refractivity contribution in [2.45, 2.75) is 19.9 Å². The zero-order valence-corrected chi connectivity index (χ0v) is 12.7. The highest BCUT2D eigenvalue weighted by atomic mass is 32.2. The maximum Gasteiger partial charge on any atom is 0.338 e. The lowest BCUT2D eigenvalue weighted by atomic mass is 10.0. The lowest BCUT2D eigenvalue weighted by molar-refractivity contribution is -0.138. The summed E-state index contributed by atoms with van der Waals surface area (Å²) in [5.41, 5.74) is 1.42. The standard InChI is InChI=1S/C13H16N2O2S2/c1-4-17-12(16)10-8(2)14-13(18-3)15-11(10)9-6-5-7-19-9/h5-7,11H,4H2,1-3H3,(H,14,15). The second-order valence-electron chi connectivity index (χ2n) is 3.94. The minimum absolute atomic E-state index is 0.261. The highest BCUT2D eigenvalue weighted by Gasteiger charge is 2.30. The van der Waals surface area contributed by atoms with Crippen LogP contribution in [-0.4, -0.2) is 24.0 Å². The molecule has 0 saturated heterocycles. The number of thiophene rings is 1. The summed E-state index contributed by atoms with van der Waals surface area (Å²) < 4.78 is 5.14. The summed E-state index contributed by atoms with van der Waals surface area (Å²) in [6.45, 7) is 4.06. The Morgan fingerprint density at radius 3 is 3.00 bits per heavy atom. The first-order chi connectivity index (χ1) is 9.17. The van der Waals surface area contributed by atoms with E-state index in [1.54, 1.807) is 18.3 Å². The molecular weight excluding hydrogens is 280 g/mol. The van der Waals surface area contributed by atoms with Crippen molar-refractivity contribution < 1.29 is 9.53 Å². The van der Waals surface area contributed by atoms with Crippen LogP contribution in [0.4, 0.5) is 0 Å². The number of amidine groups is 1. The summed E-state index contributed by atoms with van der Waals surface area (Å²) in [6.07, 6.45) is 1.96. The monoisotopic (exact) mass is 296 g/mol. The number of ether oxygens (including phenoxy) is 1. The fourth-order valence-electron chi connectivity index (χ4n) is 1.88. The summed E-state index contributed by atoms with van der Waals surface area (Å²) in [5.74, 6) is -0.296. The lowest BCUT2D eigenvalue weighted by Crippen LogP contribution is -2.30. The molecule has 1 unspecified atom stereocenters. The van der Waals surface area contributed by atoms with Gasteiger partial charge >= 0.3 is 5.97 Å². The maximum atomic E-state index is 12.1. The number of allylic oxidation sites excluding steroid dienone is 1. The van der Waals surface area contributed by atoms with Gasteiger partial charge in [0.25, 0.3) is 0 Å². The molecule has 1 aliphatic rings. The first-order valence-electron chi connectivity index (χ1n) is 5.97. The van der Waals surface area contributed by atoms with E-state index in [1.807, 2.05) is 30.7 Å². The van der Waals surface area contributed by atoms with Gasteiger partial charge in [0.15, 0.2) is 5.17 Å². The molecule has 0 aliphatic carbocycles. The van der Waals surface area contributed by atoms with Crippen LogP contribution in [-0.2, 0) is 9.53 Å². The third-order valence-corrected chi connectivity index (χ3v) is 4.24. The fourth-order valence-corrected chi connectivity index (χ4v) is 3.11. The number of rotatable bonds is 3. The largest absolute Gasteiger partial charge is 0.463 e. The molecule has 0 saturated carbocycles. The molecule has 1 aromatic heterocycles. The van der Waals surface area contributed by atoms with Crippen LogP contribution in [0.2, 0.25) is 0 Å². The predicted octanol–water partition coefficient (Wildman–Crippen LogP) is 2.95. The predicted molar refractivity (Wildman–Crippen MR) is 80.5 cm³/mol. The Kier molecular flexibility index (Phi) is 4.66. The van der Waals surface area contributed by atoms with Crippen molar-refractivity contribution >= 4 is 34.2 Å². The molecule has 2 rings (SSSR count). The van der Waals surface area contributed by atoms with Crippen LogP contribution in [0.25, 0.3) is 0 Å². The normalized spacial score (nSPS) is 18.9. The number of thioether (sulfide) groups is 1. The summed E-state index contributed by atoms with van der Waals surface area (Å²) >= 11 is 3.13. The fraction of sp³-hybridized carbons (Fsp3) is 0.385. The second kappa shape index (κ2) is 6.25. The number of carbonyl (C=O) groups is 1. The molecule has 0 bridgehead atoms. The molecule has 102 valence electrons. The highest BCUT2D eigenvalue weighted by molar-refractivity contribution is 8.13. The SMILES string of the molecule is CCOC(=O)C1=C(C)NC(SC)=NC1c1cccs1. The first-order valence-corrected chi connectivity index (χ1v) is 8.08. The van der Waals surface area contributed by atoms with E-state index in [0.29, 0.717) is 12.2 Å². The van der Waals surface area contributed by atoms with Gasteiger partial charge in [0.2, 0.25) is 0 Å². The highest BCUT2D eigenvalue weighted by Crippen LogP contribution is 2.34.